The highest BCUT2D eigenvalue weighted by Gasteiger charge is 2.23. The monoisotopic (exact) mass is 439 g/mol. The lowest BCUT2D eigenvalue weighted by Gasteiger charge is -2.20. The molecule has 2 aromatic heterocycles. The summed E-state index contributed by atoms with van der Waals surface area (Å²) in [4.78, 5) is 15.7. The molecule has 0 aliphatic carbocycles. The second-order valence-corrected chi connectivity index (χ2v) is 7.73. The maximum atomic E-state index is 6.14. The molecule has 1 atom stereocenters. The van der Waals surface area contributed by atoms with Crippen LogP contribution < -0.4 is 15.5 Å². The van der Waals surface area contributed by atoms with Gasteiger partial charge in [0.2, 0.25) is 0 Å². The van der Waals surface area contributed by atoms with E-state index in [0.717, 1.165) is 42.7 Å². The van der Waals surface area contributed by atoms with Crippen LogP contribution in [-0.4, -0.2) is 53.3 Å². The number of hydrogen-bond acceptors (Lipinski definition) is 6. The Hall–Kier alpha value is -3.13. The second-order valence-electron chi connectivity index (χ2n) is 7.30. The smallest absolute Gasteiger partial charge is 0.276 e. The van der Waals surface area contributed by atoms with E-state index in [4.69, 9.17) is 16.1 Å². The van der Waals surface area contributed by atoms with Crippen molar-refractivity contribution in [2.24, 2.45) is 4.99 Å². The van der Waals surface area contributed by atoms with E-state index >= 15 is 0 Å². The molecule has 1 aromatic carbocycles. The molecule has 0 radical (unpaired) electrons. The van der Waals surface area contributed by atoms with Gasteiger partial charge < -0.3 is 20.1 Å². The Morgan fingerprint density at radius 2 is 2.23 bits per heavy atom. The van der Waals surface area contributed by atoms with E-state index in [9.17, 15) is 0 Å². The van der Waals surface area contributed by atoms with Gasteiger partial charge in [-0.3, -0.25) is 9.98 Å². The highest BCUT2D eigenvalue weighted by atomic mass is 35.5. The number of rotatable bonds is 7. The van der Waals surface area contributed by atoms with Gasteiger partial charge >= 0.3 is 0 Å². The fourth-order valence-corrected chi connectivity index (χ4v) is 3.70. The first-order valence-corrected chi connectivity index (χ1v) is 10.9. The first kappa shape index (κ1) is 21.1. The average Bonchev–Trinajstić information content (AvgIpc) is 3.44. The number of aliphatic imine (C=N–C) groups is 1. The average molecular weight is 440 g/mol. The molecule has 2 N–H and O–H groups in total. The topological polar surface area (TPSA) is 91.5 Å². The van der Waals surface area contributed by atoms with Crippen molar-refractivity contribution in [1.29, 1.82) is 0 Å². The van der Waals surface area contributed by atoms with Crippen LogP contribution in [-0.2, 0) is 6.42 Å². The van der Waals surface area contributed by atoms with Crippen LogP contribution in [0.3, 0.4) is 0 Å². The van der Waals surface area contributed by atoms with Crippen LogP contribution >= 0.6 is 11.6 Å². The Labute approximate surface area is 186 Å². The van der Waals surface area contributed by atoms with Gasteiger partial charge in [0.15, 0.2) is 11.8 Å². The zero-order valence-electron chi connectivity index (χ0n) is 17.5. The zero-order valence-corrected chi connectivity index (χ0v) is 18.2. The maximum Gasteiger partial charge on any atom is 0.276 e. The van der Waals surface area contributed by atoms with Crippen molar-refractivity contribution in [1.82, 2.24) is 25.8 Å². The van der Waals surface area contributed by atoms with Gasteiger partial charge in [0.05, 0.1) is 0 Å². The first-order chi connectivity index (χ1) is 15.2. The van der Waals surface area contributed by atoms with Gasteiger partial charge in [-0.2, -0.15) is 4.98 Å². The van der Waals surface area contributed by atoms with E-state index in [1.54, 1.807) is 6.20 Å². The summed E-state index contributed by atoms with van der Waals surface area (Å²) < 4.78 is 5.31. The number of anilines is 1. The predicted molar refractivity (Wildman–Crippen MR) is 122 cm³/mol. The third-order valence-corrected chi connectivity index (χ3v) is 5.24. The molecule has 1 unspecified atom stereocenters. The minimum atomic E-state index is 0.317. The molecule has 3 aromatic rings. The van der Waals surface area contributed by atoms with Gasteiger partial charge in [0, 0.05) is 55.5 Å². The number of aromatic nitrogens is 3. The van der Waals surface area contributed by atoms with Gasteiger partial charge in [-0.15, -0.1) is 0 Å². The first-order valence-electron chi connectivity index (χ1n) is 10.5. The summed E-state index contributed by atoms with van der Waals surface area (Å²) in [7, 11) is 0. The van der Waals surface area contributed by atoms with E-state index in [2.05, 4.69) is 48.6 Å². The minimum Gasteiger partial charge on any atom is -0.369 e. The summed E-state index contributed by atoms with van der Waals surface area (Å²) >= 11 is 6.14. The fraction of sp³-hybridized carbons (Fsp3) is 0.364. The number of pyridine rings is 1. The lowest BCUT2D eigenvalue weighted by molar-refractivity contribution is 0.421. The van der Waals surface area contributed by atoms with Crippen LogP contribution in [0.4, 0.5) is 5.69 Å². The summed E-state index contributed by atoms with van der Waals surface area (Å²) in [5, 5.41) is 11.7. The van der Waals surface area contributed by atoms with Gasteiger partial charge in [-0.1, -0.05) is 28.9 Å². The number of nitrogens with zero attached hydrogens (tertiary/aromatic N) is 5. The second kappa shape index (κ2) is 10.3. The largest absolute Gasteiger partial charge is 0.369 e. The van der Waals surface area contributed by atoms with Crippen molar-refractivity contribution in [3.63, 3.8) is 0 Å². The minimum absolute atomic E-state index is 0.317. The molecule has 0 spiro atoms. The van der Waals surface area contributed by atoms with E-state index in [1.807, 2.05) is 36.4 Å². The van der Waals surface area contributed by atoms with Crippen molar-refractivity contribution in [3.05, 3.63) is 59.5 Å². The van der Waals surface area contributed by atoms with Crippen LogP contribution in [0.2, 0.25) is 5.02 Å². The summed E-state index contributed by atoms with van der Waals surface area (Å²) in [6.45, 7) is 5.30. The molecule has 0 saturated carbocycles. The number of halogens is 1. The number of hydrogen-bond donors (Lipinski definition) is 2. The number of nitrogens with one attached hydrogen (secondary N) is 2. The molecule has 8 nitrogen and oxygen atoms in total. The molecule has 3 heterocycles. The third kappa shape index (κ3) is 5.73. The molecule has 162 valence electrons. The van der Waals surface area contributed by atoms with E-state index in [1.165, 1.54) is 0 Å². The Bertz CT molecular complexity index is 1010. The Kier molecular flexibility index (Phi) is 6.99. The summed E-state index contributed by atoms with van der Waals surface area (Å²) in [5.41, 5.74) is 1.82. The fourth-order valence-electron chi connectivity index (χ4n) is 3.52. The molecular weight excluding hydrogens is 414 g/mol. The van der Waals surface area contributed by atoms with Gasteiger partial charge in [0.1, 0.15) is 5.69 Å². The van der Waals surface area contributed by atoms with E-state index in [-0.39, 0.29) is 0 Å². The van der Waals surface area contributed by atoms with Gasteiger partial charge in [0.25, 0.3) is 5.89 Å². The van der Waals surface area contributed by atoms with Crippen LogP contribution in [0.5, 0.6) is 0 Å². The molecule has 0 bridgehead atoms. The molecule has 4 rings (SSSR count). The van der Waals surface area contributed by atoms with Crippen molar-refractivity contribution in [3.8, 4) is 11.6 Å². The normalized spacial score (nSPS) is 16.5. The standard InChI is InChI=1S/C22H26ClN7O/c1-2-24-22(27-17-10-13-30(15-17)18-7-5-6-16(23)14-18)26-12-9-20-28-21(31-29-20)19-8-3-4-11-25-19/h3-8,11,14,17H,2,9-10,12-13,15H2,1H3,(H2,24,26,27). The number of benzene rings is 1. The summed E-state index contributed by atoms with van der Waals surface area (Å²) in [5.74, 6) is 1.85. The van der Waals surface area contributed by atoms with Crippen molar-refractivity contribution in [2.45, 2.75) is 25.8 Å². The molecule has 1 saturated heterocycles. The molecule has 0 amide bonds. The van der Waals surface area contributed by atoms with E-state index in [0.29, 0.717) is 36.4 Å². The molecule has 1 aliphatic rings. The predicted octanol–water partition coefficient (Wildman–Crippen LogP) is 3.16. The lowest BCUT2D eigenvalue weighted by Crippen LogP contribution is -2.44. The van der Waals surface area contributed by atoms with Crippen LogP contribution in [0.15, 0.2) is 58.2 Å². The van der Waals surface area contributed by atoms with Crippen LogP contribution in [0.25, 0.3) is 11.6 Å². The SMILES string of the molecule is CCNC(=NCCc1noc(-c2ccccn2)n1)NC1CCN(c2cccc(Cl)c2)C1. The number of guanidine groups is 1. The summed E-state index contributed by atoms with van der Waals surface area (Å²) in [6, 6.07) is 13.9. The molecule has 9 heteroatoms. The highest BCUT2D eigenvalue weighted by molar-refractivity contribution is 6.30. The van der Waals surface area contributed by atoms with Gasteiger partial charge in [-0.25, -0.2) is 0 Å². The van der Waals surface area contributed by atoms with E-state index < -0.39 is 0 Å². The maximum absolute atomic E-state index is 6.14. The van der Waals surface area contributed by atoms with Crippen molar-refractivity contribution in [2.75, 3.05) is 31.1 Å². The Balaban J connectivity index is 1.31. The highest BCUT2D eigenvalue weighted by Crippen LogP contribution is 2.23. The quantitative estimate of drug-likeness (QED) is 0.431. The lowest BCUT2D eigenvalue weighted by atomic mass is 10.2. The Morgan fingerprint density at radius 1 is 1.29 bits per heavy atom. The summed E-state index contributed by atoms with van der Waals surface area (Å²) in [6.07, 6.45) is 3.33. The Morgan fingerprint density at radius 3 is 3.03 bits per heavy atom. The van der Waals surface area contributed by atoms with Crippen molar-refractivity contribution >= 4 is 23.2 Å². The zero-order chi connectivity index (χ0) is 21.5. The molecule has 1 aliphatic heterocycles. The van der Waals surface area contributed by atoms with Crippen molar-refractivity contribution < 1.29 is 4.52 Å². The van der Waals surface area contributed by atoms with Gasteiger partial charge in [-0.05, 0) is 43.7 Å². The van der Waals surface area contributed by atoms with Crippen LogP contribution in [0.1, 0.15) is 19.2 Å². The molecule has 1 fully saturated rings. The van der Waals surface area contributed by atoms with Crippen LogP contribution in [0, 0.1) is 0 Å². The third-order valence-electron chi connectivity index (χ3n) is 5.00. The molecular formula is C22H26ClN7O. The molecule has 31 heavy (non-hydrogen) atoms.